The van der Waals surface area contributed by atoms with Crippen LogP contribution in [-0.4, -0.2) is 40.6 Å². The number of piperidine rings is 1. The number of amides is 3. The quantitative estimate of drug-likeness (QED) is 0.517. The summed E-state index contributed by atoms with van der Waals surface area (Å²) in [7, 11) is 0. The summed E-state index contributed by atoms with van der Waals surface area (Å²) in [5.74, 6) is -0.675. The molecule has 1 saturated heterocycles. The number of aryl methyl sites for hydroxylation is 1. The average Bonchev–Trinajstić information content (AvgIpc) is 3.05. The molecule has 0 aromatic heterocycles. The van der Waals surface area contributed by atoms with Crippen molar-refractivity contribution in [2.24, 2.45) is 0 Å². The second kappa shape index (κ2) is 8.65. The number of nitrogens with zero attached hydrogens (tertiary/aromatic N) is 1. The zero-order valence-corrected chi connectivity index (χ0v) is 18.8. The molecule has 1 fully saturated rings. The van der Waals surface area contributed by atoms with Crippen LogP contribution in [0.4, 0.5) is 0 Å². The van der Waals surface area contributed by atoms with Gasteiger partial charge in [-0.25, -0.2) is 0 Å². The smallest absolute Gasteiger partial charge is 0.262 e. The van der Waals surface area contributed by atoms with Crippen molar-refractivity contribution in [1.82, 2.24) is 10.2 Å². The Morgan fingerprint density at radius 2 is 1.79 bits per heavy atom. The molecule has 3 amide bonds. The molecule has 7 nitrogen and oxygen atoms in total. The molecule has 2 aliphatic heterocycles. The van der Waals surface area contributed by atoms with E-state index in [1.807, 2.05) is 6.92 Å². The van der Waals surface area contributed by atoms with Gasteiger partial charge in [0.1, 0.15) is 11.3 Å². The van der Waals surface area contributed by atoms with E-state index in [4.69, 9.17) is 4.74 Å². The van der Waals surface area contributed by atoms with Crippen molar-refractivity contribution in [3.63, 3.8) is 0 Å². The molecule has 0 radical (unpaired) electrons. The van der Waals surface area contributed by atoms with Crippen LogP contribution < -0.4 is 10.1 Å². The number of ether oxygens (including phenoxy) is 1. The van der Waals surface area contributed by atoms with Gasteiger partial charge in [0.05, 0.1) is 17.7 Å². The first-order valence-corrected chi connectivity index (χ1v) is 11.0. The summed E-state index contributed by atoms with van der Waals surface area (Å²) in [6.07, 6.45) is 1.51. The van der Waals surface area contributed by atoms with E-state index in [9.17, 15) is 19.2 Å². The molecule has 4 rings (SSSR count). The first kappa shape index (κ1) is 22.5. The predicted octanol–water partition coefficient (Wildman–Crippen LogP) is 3.68. The van der Waals surface area contributed by atoms with Crippen molar-refractivity contribution >= 4 is 23.5 Å². The lowest BCUT2D eigenvalue weighted by Gasteiger charge is -2.39. The SMILES string of the molecule is C=C1CC[C@](C)(N2C(=O)c3ccc(CCC(=O)c4ccc(OCC)cc4)cc3C2=O)C(=O)N1. The van der Waals surface area contributed by atoms with E-state index >= 15 is 0 Å². The molecule has 2 aromatic carbocycles. The van der Waals surface area contributed by atoms with Gasteiger partial charge in [-0.05, 0) is 75.1 Å². The summed E-state index contributed by atoms with van der Waals surface area (Å²) >= 11 is 0. The van der Waals surface area contributed by atoms with E-state index in [1.54, 1.807) is 49.4 Å². The Balaban J connectivity index is 1.48. The highest BCUT2D eigenvalue weighted by atomic mass is 16.5. The number of nitrogens with one attached hydrogen (secondary N) is 1. The highest BCUT2D eigenvalue weighted by molar-refractivity contribution is 6.23. The normalized spacial score (nSPS) is 20.0. The summed E-state index contributed by atoms with van der Waals surface area (Å²) in [4.78, 5) is 52.4. The number of ketones is 1. The fourth-order valence-electron chi connectivity index (χ4n) is 4.28. The molecule has 170 valence electrons. The fourth-order valence-corrected chi connectivity index (χ4v) is 4.28. The predicted molar refractivity (Wildman–Crippen MR) is 122 cm³/mol. The van der Waals surface area contributed by atoms with Crippen molar-refractivity contribution in [2.75, 3.05) is 6.61 Å². The fraction of sp³-hybridized carbons (Fsp3) is 0.308. The lowest BCUT2D eigenvalue weighted by Crippen LogP contribution is -2.60. The highest BCUT2D eigenvalue weighted by Crippen LogP contribution is 2.35. The number of allylic oxidation sites excluding steroid dienone is 1. The van der Waals surface area contributed by atoms with Crippen molar-refractivity contribution < 1.29 is 23.9 Å². The van der Waals surface area contributed by atoms with Crippen LogP contribution in [0.15, 0.2) is 54.7 Å². The zero-order valence-electron chi connectivity index (χ0n) is 18.8. The molecule has 0 saturated carbocycles. The number of benzene rings is 2. The number of imide groups is 1. The van der Waals surface area contributed by atoms with Crippen LogP contribution in [0, 0.1) is 0 Å². The molecule has 2 heterocycles. The molecule has 0 unspecified atom stereocenters. The lowest BCUT2D eigenvalue weighted by molar-refractivity contribution is -0.131. The molecular formula is C26H26N2O5. The maximum atomic E-state index is 13.2. The zero-order chi connectivity index (χ0) is 23.8. The minimum Gasteiger partial charge on any atom is -0.494 e. The van der Waals surface area contributed by atoms with Crippen molar-refractivity contribution in [2.45, 2.75) is 45.1 Å². The summed E-state index contributed by atoms with van der Waals surface area (Å²) < 4.78 is 5.40. The van der Waals surface area contributed by atoms with Crippen LogP contribution in [0.1, 0.15) is 69.7 Å². The van der Waals surface area contributed by atoms with Crippen LogP contribution in [0.2, 0.25) is 0 Å². The molecule has 7 heteroatoms. The van der Waals surface area contributed by atoms with Gasteiger partial charge in [-0.3, -0.25) is 24.1 Å². The van der Waals surface area contributed by atoms with E-state index in [1.165, 1.54) is 0 Å². The van der Waals surface area contributed by atoms with Gasteiger partial charge < -0.3 is 10.1 Å². The molecular weight excluding hydrogens is 420 g/mol. The van der Waals surface area contributed by atoms with Gasteiger partial charge in [0.25, 0.3) is 11.8 Å². The van der Waals surface area contributed by atoms with Gasteiger partial charge in [-0.2, -0.15) is 0 Å². The third-order valence-corrected chi connectivity index (χ3v) is 6.27. The Labute approximate surface area is 192 Å². The van der Waals surface area contributed by atoms with E-state index in [0.29, 0.717) is 42.9 Å². The Hall–Kier alpha value is -3.74. The summed E-state index contributed by atoms with van der Waals surface area (Å²) in [5, 5.41) is 2.66. The van der Waals surface area contributed by atoms with Crippen LogP contribution in [-0.2, 0) is 11.2 Å². The largest absolute Gasteiger partial charge is 0.494 e. The number of hydrogen-bond acceptors (Lipinski definition) is 5. The first-order valence-electron chi connectivity index (χ1n) is 11.0. The van der Waals surface area contributed by atoms with Gasteiger partial charge in [0.2, 0.25) is 5.91 Å². The lowest BCUT2D eigenvalue weighted by atomic mass is 9.88. The van der Waals surface area contributed by atoms with Crippen LogP contribution in [0.3, 0.4) is 0 Å². The van der Waals surface area contributed by atoms with E-state index in [-0.39, 0.29) is 23.3 Å². The monoisotopic (exact) mass is 446 g/mol. The molecule has 2 aliphatic rings. The third-order valence-electron chi connectivity index (χ3n) is 6.27. The maximum Gasteiger partial charge on any atom is 0.262 e. The molecule has 0 spiro atoms. The topological polar surface area (TPSA) is 92.8 Å². The standard InChI is InChI=1S/C26H26N2O5/c1-4-33-19-9-7-18(8-10-19)22(29)12-6-17-5-11-20-21(15-17)24(31)28(23(20)30)26(3)14-13-16(2)27-25(26)32/h5,7-11,15H,2,4,6,12-14H2,1,3H3,(H,27,32)/t26-/m0/s1. The molecule has 0 bridgehead atoms. The molecule has 1 atom stereocenters. The number of carbonyl (C=O) groups is 4. The summed E-state index contributed by atoms with van der Waals surface area (Å²) in [5.41, 5.74) is 1.23. The van der Waals surface area contributed by atoms with E-state index in [0.717, 1.165) is 10.5 Å². The van der Waals surface area contributed by atoms with E-state index in [2.05, 4.69) is 11.9 Å². The molecule has 1 N–H and O–H groups in total. The van der Waals surface area contributed by atoms with Crippen molar-refractivity contribution in [3.8, 4) is 5.75 Å². The van der Waals surface area contributed by atoms with Gasteiger partial charge in [0.15, 0.2) is 5.78 Å². The molecule has 33 heavy (non-hydrogen) atoms. The van der Waals surface area contributed by atoms with Crippen LogP contribution in [0.25, 0.3) is 0 Å². The minimum atomic E-state index is -1.27. The van der Waals surface area contributed by atoms with Gasteiger partial charge in [-0.15, -0.1) is 0 Å². The van der Waals surface area contributed by atoms with Crippen LogP contribution >= 0.6 is 0 Å². The minimum absolute atomic E-state index is 0.0193. The molecule has 0 aliphatic carbocycles. The van der Waals surface area contributed by atoms with Crippen LogP contribution in [0.5, 0.6) is 5.75 Å². The highest BCUT2D eigenvalue weighted by Gasteiger charge is 2.51. The number of Topliss-reactive ketones (excluding diaryl/α,β-unsaturated/α-hetero) is 1. The number of rotatable bonds is 7. The number of fused-ring (bicyclic) bond motifs is 1. The third kappa shape index (κ3) is 4.06. The summed E-state index contributed by atoms with van der Waals surface area (Å²) in [6.45, 7) is 7.82. The Kier molecular flexibility index (Phi) is 5.89. The van der Waals surface area contributed by atoms with Gasteiger partial charge in [0, 0.05) is 17.7 Å². The van der Waals surface area contributed by atoms with Gasteiger partial charge >= 0.3 is 0 Å². The Morgan fingerprint density at radius 3 is 2.45 bits per heavy atom. The average molecular weight is 447 g/mol. The van der Waals surface area contributed by atoms with Gasteiger partial charge in [-0.1, -0.05) is 12.6 Å². The molecule has 2 aromatic rings. The van der Waals surface area contributed by atoms with E-state index < -0.39 is 23.3 Å². The van der Waals surface area contributed by atoms with Crippen molar-refractivity contribution in [1.29, 1.82) is 0 Å². The second-order valence-electron chi connectivity index (χ2n) is 8.54. The Bertz CT molecular complexity index is 1170. The maximum absolute atomic E-state index is 13.2. The van der Waals surface area contributed by atoms with Crippen molar-refractivity contribution in [3.05, 3.63) is 77.0 Å². The second-order valence-corrected chi connectivity index (χ2v) is 8.54. The summed E-state index contributed by atoms with van der Waals surface area (Å²) in [6, 6.07) is 12.0. The Morgan fingerprint density at radius 1 is 1.09 bits per heavy atom. The first-order chi connectivity index (χ1) is 15.7. The number of carbonyl (C=O) groups excluding carboxylic acids is 4. The number of hydrogen-bond donors (Lipinski definition) is 1.